The number of phenols is 1. The average molecular weight is 225 g/mol. The molecule has 0 aromatic heterocycles. The molecule has 1 aromatic carbocycles. The molecule has 3 rings (SSSR count). The van der Waals surface area contributed by atoms with E-state index in [0.29, 0.717) is 17.1 Å². The van der Waals surface area contributed by atoms with Crippen LogP contribution in [-0.2, 0) is 0 Å². The Bertz CT molecular complexity index is 430. The molecule has 16 heavy (non-hydrogen) atoms. The van der Waals surface area contributed by atoms with Crippen molar-refractivity contribution in [2.24, 2.45) is 0 Å². The first kappa shape index (κ1) is 9.72. The topological polar surface area (TPSA) is 50.7 Å². The van der Waals surface area contributed by atoms with Crippen molar-refractivity contribution in [3.05, 3.63) is 17.4 Å². The number of benzene rings is 1. The number of hydrogen-bond acceptors (Lipinski definition) is 4. The summed E-state index contributed by atoms with van der Waals surface area (Å²) in [4.78, 5) is 0. The Labute approximate surface area is 92.0 Å². The second-order valence-corrected chi connectivity index (χ2v) is 4.00. The van der Waals surface area contributed by atoms with Gasteiger partial charge in [0.2, 0.25) is 6.79 Å². The van der Waals surface area contributed by atoms with E-state index in [1.165, 1.54) is 0 Å². The Hall–Kier alpha value is -1.49. The van der Waals surface area contributed by atoms with E-state index in [2.05, 4.69) is 5.32 Å². The molecule has 5 heteroatoms. The second kappa shape index (κ2) is 3.52. The summed E-state index contributed by atoms with van der Waals surface area (Å²) in [5.74, 6) is -0.145. The van der Waals surface area contributed by atoms with E-state index >= 15 is 0 Å². The third-order valence-corrected chi connectivity index (χ3v) is 3.03. The van der Waals surface area contributed by atoms with Crippen LogP contribution in [0, 0.1) is 5.82 Å². The van der Waals surface area contributed by atoms with Gasteiger partial charge >= 0.3 is 0 Å². The zero-order chi connectivity index (χ0) is 11.1. The zero-order valence-electron chi connectivity index (χ0n) is 8.62. The summed E-state index contributed by atoms with van der Waals surface area (Å²) < 4.78 is 23.9. The first-order valence-corrected chi connectivity index (χ1v) is 5.31. The summed E-state index contributed by atoms with van der Waals surface area (Å²) in [5, 5.41) is 13.0. The number of halogens is 1. The number of fused-ring (bicyclic) bond motifs is 1. The Kier molecular flexibility index (Phi) is 2.14. The molecule has 0 bridgehead atoms. The fourth-order valence-electron chi connectivity index (χ4n) is 2.28. The molecular formula is C11H12FNO3. The van der Waals surface area contributed by atoms with Gasteiger partial charge in [-0.05, 0) is 19.4 Å². The second-order valence-electron chi connectivity index (χ2n) is 4.00. The molecule has 1 aromatic rings. The highest BCUT2D eigenvalue weighted by molar-refractivity contribution is 5.56. The fraction of sp³-hybridized carbons (Fsp3) is 0.455. The molecule has 0 spiro atoms. The summed E-state index contributed by atoms with van der Waals surface area (Å²) in [6, 6.07) is 1.11. The van der Waals surface area contributed by atoms with Gasteiger partial charge in [0, 0.05) is 12.1 Å². The summed E-state index contributed by atoms with van der Waals surface area (Å²) in [6.45, 7) is 0.953. The van der Waals surface area contributed by atoms with Crippen LogP contribution in [0.15, 0.2) is 6.07 Å². The van der Waals surface area contributed by atoms with Gasteiger partial charge in [0.25, 0.3) is 0 Å². The lowest BCUT2D eigenvalue weighted by Gasteiger charge is -2.15. The lowest BCUT2D eigenvalue weighted by atomic mass is 10.0. The van der Waals surface area contributed by atoms with Crippen molar-refractivity contribution in [1.82, 2.24) is 5.32 Å². The molecule has 4 nitrogen and oxygen atoms in total. The van der Waals surface area contributed by atoms with Crippen molar-refractivity contribution in [3.8, 4) is 17.2 Å². The highest BCUT2D eigenvalue weighted by Crippen LogP contribution is 2.46. The maximum atomic E-state index is 13.5. The lowest BCUT2D eigenvalue weighted by Crippen LogP contribution is -2.14. The van der Waals surface area contributed by atoms with Crippen molar-refractivity contribution in [2.75, 3.05) is 13.3 Å². The van der Waals surface area contributed by atoms with E-state index in [0.717, 1.165) is 25.5 Å². The Morgan fingerprint density at radius 3 is 3.06 bits per heavy atom. The van der Waals surface area contributed by atoms with Crippen LogP contribution in [0.25, 0.3) is 0 Å². The lowest BCUT2D eigenvalue weighted by molar-refractivity contribution is 0.172. The van der Waals surface area contributed by atoms with Gasteiger partial charge in [-0.1, -0.05) is 0 Å². The van der Waals surface area contributed by atoms with Crippen LogP contribution in [0.2, 0.25) is 0 Å². The van der Waals surface area contributed by atoms with E-state index in [-0.39, 0.29) is 18.6 Å². The monoisotopic (exact) mass is 225 g/mol. The molecule has 2 aliphatic rings. The summed E-state index contributed by atoms with van der Waals surface area (Å²) in [6.07, 6.45) is 1.88. The van der Waals surface area contributed by atoms with Crippen LogP contribution >= 0.6 is 0 Å². The third kappa shape index (κ3) is 1.31. The number of ether oxygens (including phenoxy) is 2. The van der Waals surface area contributed by atoms with E-state index < -0.39 is 5.82 Å². The molecule has 1 atom stereocenters. The van der Waals surface area contributed by atoms with Crippen LogP contribution in [0.1, 0.15) is 24.4 Å². The van der Waals surface area contributed by atoms with Crippen LogP contribution in [-0.4, -0.2) is 18.4 Å². The van der Waals surface area contributed by atoms with Gasteiger partial charge in [-0.15, -0.1) is 0 Å². The minimum absolute atomic E-state index is 0.0499. The van der Waals surface area contributed by atoms with E-state index in [1.807, 2.05) is 0 Å². The normalized spacial score (nSPS) is 22.7. The standard InChI is InChI=1S/C11H12FNO3/c12-6-4-8-11(16-5-15-8)9(10(6)14)7-2-1-3-13-7/h4,7,13-14H,1-3,5H2. The van der Waals surface area contributed by atoms with E-state index in [9.17, 15) is 9.50 Å². The molecule has 1 saturated heterocycles. The van der Waals surface area contributed by atoms with Crippen molar-refractivity contribution >= 4 is 0 Å². The maximum Gasteiger partial charge on any atom is 0.231 e. The summed E-state index contributed by atoms with van der Waals surface area (Å²) in [5.41, 5.74) is 0.491. The molecule has 86 valence electrons. The average Bonchev–Trinajstić information content (AvgIpc) is 2.89. The molecule has 0 amide bonds. The molecule has 0 saturated carbocycles. The van der Waals surface area contributed by atoms with Gasteiger partial charge in [-0.3, -0.25) is 0 Å². The van der Waals surface area contributed by atoms with Gasteiger partial charge in [0.15, 0.2) is 23.1 Å². The molecule has 2 N–H and O–H groups in total. The number of hydrogen-bond donors (Lipinski definition) is 2. The highest BCUT2D eigenvalue weighted by atomic mass is 19.1. The highest BCUT2D eigenvalue weighted by Gasteiger charge is 2.30. The van der Waals surface area contributed by atoms with Crippen LogP contribution in [0.5, 0.6) is 17.2 Å². The van der Waals surface area contributed by atoms with Crippen LogP contribution in [0.4, 0.5) is 4.39 Å². The Balaban J connectivity index is 2.14. The number of aromatic hydroxyl groups is 1. The summed E-state index contributed by atoms with van der Waals surface area (Å²) >= 11 is 0. The van der Waals surface area contributed by atoms with E-state index in [1.54, 1.807) is 0 Å². The molecule has 2 aliphatic heterocycles. The third-order valence-electron chi connectivity index (χ3n) is 3.03. The largest absolute Gasteiger partial charge is 0.504 e. The van der Waals surface area contributed by atoms with Gasteiger partial charge in [0.1, 0.15) is 0 Å². The minimum Gasteiger partial charge on any atom is -0.504 e. The Morgan fingerprint density at radius 2 is 2.31 bits per heavy atom. The zero-order valence-corrected chi connectivity index (χ0v) is 8.62. The van der Waals surface area contributed by atoms with Crippen LogP contribution < -0.4 is 14.8 Å². The fourth-order valence-corrected chi connectivity index (χ4v) is 2.28. The first-order chi connectivity index (χ1) is 7.77. The molecule has 0 radical (unpaired) electrons. The van der Waals surface area contributed by atoms with Gasteiger partial charge in [0.05, 0.1) is 5.56 Å². The van der Waals surface area contributed by atoms with Gasteiger partial charge in [-0.25, -0.2) is 4.39 Å². The Morgan fingerprint density at radius 1 is 1.44 bits per heavy atom. The number of rotatable bonds is 1. The van der Waals surface area contributed by atoms with Crippen molar-refractivity contribution in [3.63, 3.8) is 0 Å². The van der Waals surface area contributed by atoms with Crippen molar-refractivity contribution in [2.45, 2.75) is 18.9 Å². The number of phenolic OH excluding ortho intramolecular Hbond substituents is 1. The smallest absolute Gasteiger partial charge is 0.231 e. The molecule has 0 aliphatic carbocycles. The van der Waals surface area contributed by atoms with Crippen LogP contribution in [0.3, 0.4) is 0 Å². The number of nitrogens with one attached hydrogen (secondary N) is 1. The van der Waals surface area contributed by atoms with Gasteiger partial charge in [-0.2, -0.15) is 0 Å². The molecule has 1 unspecified atom stereocenters. The quantitative estimate of drug-likeness (QED) is 0.763. The maximum absolute atomic E-state index is 13.5. The molecular weight excluding hydrogens is 213 g/mol. The van der Waals surface area contributed by atoms with Gasteiger partial charge < -0.3 is 19.9 Å². The molecule has 1 fully saturated rings. The molecule has 2 heterocycles. The minimum atomic E-state index is -0.659. The summed E-state index contributed by atoms with van der Waals surface area (Å²) in [7, 11) is 0. The predicted octanol–water partition coefficient (Wildman–Crippen LogP) is 1.68. The van der Waals surface area contributed by atoms with E-state index in [4.69, 9.17) is 9.47 Å². The predicted molar refractivity (Wildman–Crippen MR) is 54.2 cm³/mol. The van der Waals surface area contributed by atoms with Crippen molar-refractivity contribution < 1.29 is 19.0 Å². The SMILES string of the molecule is Oc1c(F)cc2c(c1C1CCCN1)OCO2. The first-order valence-electron chi connectivity index (χ1n) is 5.31. The van der Waals surface area contributed by atoms with Crippen molar-refractivity contribution in [1.29, 1.82) is 0 Å².